The van der Waals surface area contributed by atoms with Gasteiger partial charge in [-0.1, -0.05) is 13.3 Å². The highest BCUT2D eigenvalue weighted by atomic mass is 16.2. The Bertz CT molecular complexity index is 357. The van der Waals surface area contributed by atoms with Gasteiger partial charge in [0.2, 0.25) is 11.8 Å². The summed E-state index contributed by atoms with van der Waals surface area (Å²) in [4.78, 5) is 35.6. The van der Waals surface area contributed by atoms with E-state index in [1.54, 1.807) is 0 Å². The molecule has 1 heterocycles. The smallest absolute Gasteiger partial charge is 0.277 e. The molecule has 86 valence electrons. The summed E-state index contributed by atoms with van der Waals surface area (Å²) in [5.41, 5.74) is 0. The van der Waals surface area contributed by atoms with E-state index in [0.717, 1.165) is 4.90 Å². The van der Waals surface area contributed by atoms with Crippen LogP contribution in [0, 0.1) is 18.3 Å². The number of carbonyl (C=O) groups excluding carboxylic acids is 3. The molecule has 1 unspecified atom stereocenters. The van der Waals surface area contributed by atoms with E-state index in [1.807, 2.05) is 6.92 Å². The lowest BCUT2D eigenvalue weighted by Gasteiger charge is -2.29. The van der Waals surface area contributed by atoms with E-state index in [-0.39, 0.29) is 6.54 Å². The van der Waals surface area contributed by atoms with Crippen molar-refractivity contribution in [1.82, 2.24) is 10.2 Å². The summed E-state index contributed by atoms with van der Waals surface area (Å²) in [6.45, 7) is 2.04. The van der Waals surface area contributed by atoms with Crippen LogP contribution >= 0.6 is 0 Å². The van der Waals surface area contributed by atoms with Gasteiger partial charge in [0.1, 0.15) is 5.92 Å². The third-order valence-electron chi connectivity index (χ3n) is 2.41. The topological polar surface area (TPSA) is 66.5 Å². The number of barbiturate groups is 1. The van der Waals surface area contributed by atoms with Crippen molar-refractivity contribution in [2.75, 3.05) is 6.54 Å². The van der Waals surface area contributed by atoms with E-state index < -0.39 is 23.8 Å². The van der Waals surface area contributed by atoms with Crippen molar-refractivity contribution in [3.05, 3.63) is 0 Å². The molecule has 16 heavy (non-hydrogen) atoms. The summed E-state index contributed by atoms with van der Waals surface area (Å²) in [5, 5.41) is 2.16. The van der Waals surface area contributed by atoms with Crippen molar-refractivity contribution in [2.24, 2.45) is 5.92 Å². The first-order valence-corrected chi connectivity index (χ1v) is 5.21. The summed E-state index contributed by atoms with van der Waals surface area (Å²) >= 11 is 0. The number of carbonyl (C=O) groups is 3. The highest BCUT2D eigenvalue weighted by Crippen LogP contribution is 2.15. The van der Waals surface area contributed by atoms with Crippen molar-refractivity contribution in [1.29, 1.82) is 0 Å². The lowest BCUT2D eigenvalue weighted by atomic mass is 9.99. The fourth-order valence-electron chi connectivity index (χ4n) is 1.59. The predicted octanol–water partition coefficient (Wildman–Crippen LogP) is 0.504. The second kappa shape index (κ2) is 5.31. The molecule has 0 saturated carbocycles. The van der Waals surface area contributed by atoms with E-state index in [2.05, 4.69) is 11.2 Å². The molecule has 0 aromatic heterocycles. The molecule has 1 atom stereocenters. The molecule has 0 radical (unpaired) electrons. The zero-order valence-corrected chi connectivity index (χ0v) is 9.16. The van der Waals surface area contributed by atoms with Gasteiger partial charge in [0, 0.05) is 13.0 Å². The van der Waals surface area contributed by atoms with Crippen molar-refractivity contribution >= 4 is 17.8 Å². The fourth-order valence-corrected chi connectivity index (χ4v) is 1.59. The molecule has 5 nitrogen and oxygen atoms in total. The van der Waals surface area contributed by atoms with Crippen molar-refractivity contribution in [2.45, 2.75) is 26.2 Å². The van der Waals surface area contributed by atoms with Gasteiger partial charge in [-0.2, -0.15) is 0 Å². The minimum absolute atomic E-state index is 0.161. The van der Waals surface area contributed by atoms with Crippen LogP contribution in [-0.4, -0.2) is 29.3 Å². The number of nitrogens with one attached hydrogen (secondary N) is 1. The van der Waals surface area contributed by atoms with Gasteiger partial charge in [0.25, 0.3) is 0 Å². The normalized spacial score (nSPS) is 20.6. The van der Waals surface area contributed by atoms with Crippen LogP contribution in [0.5, 0.6) is 0 Å². The van der Waals surface area contributed by atoms with Crippen LogP contribution in [0.4, 0.5) is 4.79 Å². The lowest BCUT2D eigenvalue weighted by Crippen LogP contribution is -2.57. The number of hydrogen-bond acceptors (Lipinski definition) is 3. The molecule has 1 N–H and O–H groups in total. The number of nitrogens with zero attached hydrogens (tertiary/aromatic N) is 1. The quantitative estimate of drug-likeness (QED) is 0.556. The summed E-state index contributed by atoms with van der Waals surface area (Å²) in [7, 11) is 0. The van der Waals surface area contributed by atoms with Gasteiger partial charge in [0.05, 0.1) is 0 Å². The van der Waals surface area contributed by atoms with Crippen LogP contribution in [-0.2, 0) is 9.59 Å². The van der Waals surface area contributed by atoms with Gasteiger partial charge in [-0.3, -0.25) is 19.8 Å². The van der Waals surface area contributed by atoms with E-state index in [0.29, 0.717) is 19.3 Å². The van der Waals surface area contributed by atoms with E-state index >= 15 is 0 Å². The Morgan fingerprint density at radius 2 is 2.12 bits per heavy atom. The van der Waals surface area contributed by atoms with E-state index in [9.17, 15) is 14.4 Å². The Morgan fingerprint density at radius 3 is 2.69 bits per heavy atom. The molecule has 4 amide bonds. The van der Waals surface area contributed by atoms with E-state index in [1.165, 1.54) is 0 Å². The molecule has 1 saturated heterocycles. The predicted molar refractivity (Wildman–Crippen MR) is 57.1 cm³/mol. The number of terminal acetylenes is 1. The summed E-state index contributed by atoms with van der Waals surface area (Å²) in [5.74, 6) is 0.661. The van der Waals surface area contributed by atoms with Crippen molar-refractivity contribution < 1.29 is 14.4 Å². The number of hydrogen-bond donors (Lipinski definition) is 1. The van der Waals surface area contributed by atoms with Crippen LogP contribution in [0.25, 0.3) is 0 Å². The molecule has 0 aromatic rings. The Kier molecular flexibility index (Phi) is 4.06. The standard InChI is InChI=1S/C11H14N2O3/c1-3-5-7-13-10(15)8(6-4-2)9(14)12-11(13)16/h1,8H,4-7H2,2H3,(H,12,14,16). The first-order chi connectivity index (χ1) is 7.61. The fraction of sp³-hybridized carbons (Fsp3) is 0.545. The monoisotopic (exact) mass is 222 g/mol. The molecule has 1 fully saturated rings. The number of urea groups is 1. The highest BCUT2D eigenvalue weighted by molar-refractivity contribution is 6.16. The Hall–Kier alpha value is -1.83. The maximum Gasteiger partial charge on any atom is 0.330 e. The molecule has 0 spiro atoms. The van der Waals surface area contributed by atoms with Crippen molar-refractivity contribution in [3.63, 3.8) is 0 Å². The SMILES string of the molecule is C#CCCN1C(=O)NC(=O)C(CCC)C1=O. The van der Waals surface area contributed by atoms with Crippen LogP contribution < -0.4 is 5.32 Å². The maximum absolute atomic E-state index is 11.8. The number of imide groups is 2. The molecular weight excluding hydrogens is 208 g/mol. The third-order valence-corrected chi connectivity index (χ3v) is 2.41. The van der Waals surface area contributed by atoms with Crippen LogP contribution in [0.2, 0.25) is 0 Å². The second-order valence-corrected chi connectivity index (χ2v) is 3.58. The lowest BCUT2D eigenvalue weighted by molar-refractivity contribution is -0.142. The molecule has 1 rings (SSSR count). The van der Waals surface area contributed by atoms with Gasteiger partial charge in [-0.15, -0.1) is 12.3 Å². The first-order valence-electron chi connectivity index (χ1n) is 5.21. The minimum atomic E-state index is -0.750. The van der Waals surface area contributed by atoms with E-state index in [4.69, 9.17) is 6.42 Å². The first kappa shape index (κ1) is 12.2. The Morgan fingerprint density at radius 1 is 1.44 bits per heavy atom. The Balaban J connectivity index is 2.78. The minimum Gasteiger partial charge on any atom is -0.277 e. The van der Waals surface area contributed by atoms with Gasteiger partial charge in [-0.05, 0) is 6.42 Å². The largest absolute Gasteiger partial charge is 0.330 e. The molecule has 0 aliphatic carbocycles. The van der Waals surface area contributed by atoms with Crippen molar-refractivity contribution in [3.8, 4) is 12.3 Å². The van der Waals surface area contributed by atoms with Crippen LogP contribution in [0.15, 0.2) is 0 Å². The third kappa shape index (κ3) is 2.40. The van der Waals surface area contributed by atoms with Crippen LogP contribution in [0.3, 0.4) is 0 Å². The van der Waals surface area contributed by atoms with Crippen LogP contribution in [0.1, 0.15) is 26.2 Å². The second-order valence-electron chi connectivity index (χ2n) is 3.58. The zero-order chi connectivity index (χ0) is 12.1. The maximum atomic E-state index is 11.8. The number of rotatable bonds is 4. The molecule has 1 aliphatic heterocycles. The van der Waals surface area contributed by atoms with Gasteiger partial charge < -0.3 is 0 Å². The number of amides is 4. The average molecular weight is 222 g/mol. The van der Waals surface area contributed by atoms with Gasteiger partial charge in [0.15, 0.2) is 0 Å². The highest BCUT2D eigenvalue weighted by Gasteiger charge is 2.39. The summed E-state index contributed by atoms with van der Waals surface area (Å²) in [6, 6.07) is -0.669. The summed E-state index contributed by atoms with van der Waals surface area (Å²) in [6.07, 6.45) is 6.53. The average Bonchev–Trinajstić information content (AvgIpc) is 2.24. The molecular formula is C11H14N2O3. The molecule has 0 aromatic carbocycles. The zero-order valence-electron chi connectivity index (χ0n) is 9.16. The van der Waals surface area contributed by atoms with Gasteiger partial charge in [-0.25, -0.2) is 4.79 Å². The molecule has 1 aliphatic rings. The molecule has 0 bridgehead atoms. The van der Waals surface area contributed by atoms with Gasteiger partial charge >= 0.3 is 6.03 Å². The Labute approximate surface area is 94.2 Å². The summed E-state index contributed by atoms with van der Waals surface area (Å²) < 4.78 is 0. The molecule has 5 heteroatoms.